The molecule has 1 amide bonds. The number of aromatic nitrogens is 2. The number of rotatable bonds is 7. The highest BCUT2D eigenvalue weighted by Gasteiger charge is 2.25. The van der Waals surface area contributed by atoms with E-state index in [-0.39, 0.29) is 40.0 Å². The minimum atomic E-state index is -0.628. The number of nitroso groups, excluding NO2 is 1. The van der Waals surface area contributed by atoms with E-state index in [1.165, 1.54) is 20.3 Å². The van der Waals surface area contributed by atoms with E-state index in [1.807, 2.05) is 0 Å². The molecule has 2 aromatic carbocycles. The maximum atomic E-state index is 12.7. The highest BCUT2D eigenvalue weighted by molar-refractivity contribution is 6.32. The van der Waals surface area contributed by atoms with Crippen LogP contribution in [-0.4, -0.2) is 47.9 Å². The molecule has 3 rings (SSSR count). The van der Waals surface area contributed by atoms with Gasteiger partial charge in [0.05, 0.1) is 19.2 Å². The fraction of sp³-hybridized carbons (Fsp3) is 0.150. The van der Waals surface area contributed by atoms with Crippen molar-refractivity contribution in [3.63, 3.8) is 0 Å². The zero-order valence-corrected chi connectivity index (χ0v) is 17.2. The second-order valence-corrected chi connectivity index (χ2v) is 6.63. The van der Waals surface area contributed by atoms with Crippen molar-refractivity contribution in [2.24, 2.45) is 5.18 Å². The number of aromatic hydroxyl groups is 1. The van der Waals surface area contributed by atoms with Crippen molar-refractivity contribution < 1.29 is 24.2 Å². The van der Waals surface area contributed by atoms with Crippen molar-refractivity contribution in [3.05, 3.63) is 52.0 Å². The smallest absolute Gasteiger partial charge is 0.325 e. The van der Waals surface area contributed by atoms with Gasteiger partial charge in [-0.25, -0.2) is 0 Å². The molecule has 0 bridgehead atoms. The van der Waals surface area contributed by atoms with Crippen LogP contribution in [0.1, 0.15) is 10.5 Å². The monoisotopic (exact) mass is 444 g/mol. The molecule has 10 nitrogen and oxygen atoms in total. The highest BCUT2D eigenvalue weighted by atomic mass is 35.5. The molecule has 3 aromatic rings. The number of H-pyrrole nitrogens is 1. The number of nitrogens with one attached hydrogen (secondary N) is 2. The Bertz CT molecular complexity index is 1140. The van der Waals surface area contributed by atoms with Gasteiger partial charge in [0.2, 0.25) is 0 Å². The van der Waals surface area contributed by atoms with Gasteiger partial charge in [-0.2, -0.15) is 5.10 Å². The Balaban J connectivity index is 2.17. The molecule has 3 N–H and O–H groups in total. The van der Waals surface area contributed by atoms with Gasteiger partial charge >= 0.3 is 5.97 Å². The third-order valence-electron chi connectivity index (χ3n) is 4.41. The lowest BCUT2D eigenvalue weighted by atomic mass is 9.97. The summed E-state index contributed by atoms with van der Waals surface area (Å²) in [6.07, 6.45) is 0. The molecular formula is C20H17ClN4O6. The number of esters is 1. The highest BCUT2D eigenvalue weighted by Crippen LogP contribution is 2.42. The number of ether oxygens (including phenoxy) is 2. The minimum absolute atomic E-state index is 0.0252. The van der Waals surface area contributed by atoms with Crippen LogP contribution in [0.25, 0.3) is 22.4 Å². The average Bonchev–Trinajstić information content (AvgIpc) is 3.23. The normalized spacial score (nSPS) is 10.4. The van der Waals surface area contributed by atoms with Crippen LogP contribution in [0.15, 0.2) is 41.6 Å². The van der Waals surface area contributed by atoms with E-state index >= 15 is 0 Å². The van der Waals surface area contributed by atoms with Crippen LogP contribution in [0.5, 0.6) is 11.5 Å². The molecule has 0 aliphatic rings. The Morgan fingerprint density at radius 3 is 2.55 bits per heavy atom. The molecule has 0 saturated carbocycles. The van der Waals surface area contributed by atoms with Gasteiger partial charge < -0.3 is 19.9 Å². The fourth-order valence-corrected chi connectivity index (χ4v) is 3.03. The number of phenolic OH excluding ortho intramolecular Hbond substituents is 1. The van der Waals surface area contributed by atoms with Crippen LogP contribution in [0, 0.1) is 4.91 Å². The third kappa shape index (κ3) is 4.48. The summed E-state index contributed by atoms with van der Waals surface area (Å²) in [5.74, 6) is -0.983. The van der Waals surface area contributed by atoms with Gasteiger partial charge in [0.25, 0.3) is 5.91 Å². The summed E-state index contributed by atoms with van der Waals surface area (Å²) in [5, 5.41) is 22.0. The maximum absolute atomic E-state index is 12.7. The molecule has 0 radical (unpaired) electrons. The van der Waals surface area contributed by atoms with Gasteiger partial charge in [0, 0.05) is 17.2 Å². The molecule has 0 aliphatic carbocycles. The first-order valence-corrected chi connectivity index (χ1v) is 9.21. The topological polar surface area (TPSA) is 143 Å². The molecule has 31 heavy (non-hydrogen) atoms. The molecular weight excluding hydrogens is 428 g/mol. The van der Waals surface area contributed by atoms with E-state index in [9.17, 15) is 19.6 Å². The van der Waals surface area contributed by atoms with Crippen LogP contribution in [0.2, 0.25) is 5.02 Å². The van der Waals surface area contributed by atoms with Crippen LogP contribution >= 0.6 is 11.6 Å². The minimum Gasteiger partial charge on any atom is -0.506 e. The molecule has 160 valence electrons. The van der Waals surface area contributed by atoms with Crippen molar-refractivity contribution in [1.82, 2.24) is 15.5 Å². The number of methoxy groups -OCH3 is 2. The van der Waals surface area contributed by atoms with Crippen molar-refractivity contribution in [3.8, 4) is 33.9 Å². The molecule has 11 heteroatoms. The SMILES string of the molecule is COC(=O)CNC(=O)c1[nH]nc(-c2cc(Cl)c(O)cc2N=O)c1-c1ccc(OC)cc1. The van der Waals surface area contributed by atoms with Gasteiger partial charge in [-0.15, -0.1) is 4.91 Å². The number of benzene rings is 2. The van der Waals surface area contributed by atoms with E-state index in [1.54, 1.807) is 24.3 Å². The Morgan fingerprint density at radius 1 is 1.23 bits per heavy atom. The van der Waals surface area contributed by atoms with Crippen LogP contribution in [0.4, 0.5) is 5.69 Å². The Labute approximate surface area is 181 Å². The predicted molar refractivity (Wildman–Crippen MR) is 112 cm³/mol. The first kappa shape index (κ1) is 21.8. The molecule has 0 aliphatic heterocycles. The molecule has 0 fully saturated rings. The first-order chi connectivity index (χ1) is 14.9. The number of halogens is 1. The van der Waals surface area contributed by atoms with Crippen LogP contribution in [0.3, 0.4) is 0 Å². The molecule has 0 unspecified atom stereocenters. The van der Waals surface area contributed by atoms with Crippen molar-refractivity contribution in [1.29, 1.82) is 0 Å². The van der Waals surface area contributed by atoms with Crippen molar-refractivity contribution >= 4 is 29.2 Å². The van der Waals surface area contributed by atoms with Gasteiger partial charge in [-0.05, 0) is 28.9 Å². The summed E-state index contributed by atoms with van der Waals surface area (Å²) in [6.45, 7) is -0.349. The zero-order valence-electron chi connectivity index (χ0n) is 16.4. The van der Waals surface area contributed by atoms with E-state index in [0.717, 1.165) is 6.07 Å². The molecule has 0 spiro atoms. The van der Waals surface area contributed by atoms with Crippen LogP contribution in [-0.2, 0) is 9.53 Å². The first-order valence-electron chi connectivity index (χ1n) is 8.83. The Morgan fingerprint density at radius 2 is 1.94 bits per heavy atom. The van der Waals surface area contributed by atoms with Crippen LogP contribution < -0.4 is 10.1 Å². The van der Waals surface area contributed by atoms with Gasteiger partial charge in [-0.3, -0.25) is 14.7 Å². The number of hydrogen-bond donors (Lipinski definition) is 3. The van der Waals surface area contributed by atoms with Gasteiger partial charge in [0.1, 0.15) is 35.1 Å². The van der Waals surface area contributed by atoms with E-state index < -0.39 is 11.9 Å². The zero-order chi connectivity index (χ0) is 22.5. The molecule has 1 aromatic heterocycles. The number of amides is 1. The van der Waals surface area contributed by atoms with Gasteiger partial charge in [-0.1, -0.05) is 23.7 Å². The third-order valence-corrected chi connectivity index (χ3v) is 4.71. The lowest BCUT2D eigenvalue weighted by Crippen LogP contribution is -2.30. The summed E-state index contributed by atoms with van der Waals surface area (Å²) in [6, 6.07) is 9.19. The standard InChI is InChI=1S/C20H17ClN4O6/c1-30-11-5-3-10(4-6-11)17-18(12-7-13(21)15(26)8-14(12)25-29)23-24-19(17)20(28)22-9-16(27)31-2/h3-8,26H,9H2,1-2H3,(H,22,28)(H,23,24). The molecule has 0 atom stereocenters. The molecule has 1 heterocycles. The summed E-state index contributed by atoms with van der Waals surface area (Å²) in [4.78, 5) is 35.5. The number of carbonyl (C=O) groups excluding carboxylic acids is 2. The Hall–Kier alpha value is -3.92. The van der Waals surface area contributed by atoms with E-state index in [2.05, 4.69) is 25.4 Å². The number of hydrogen-bond acceptors (Lipinski definition) is 8. The maximum Gasteiger partial charge on any atom is 0.325 e. The second kappa shape index (κ2) is 9.26. The number of phenols is 1. The predicted octanol–water partition coefficient (Wildman–Crippen LogP) is 3.41. The summed E-state index contributed by atoms with van der Waals surface area (Å²) in [7, 11) is 2.72. The number of nitrogens with zero attached hydrogens (tertiary/aromatic N) is 2. The van der Waals surface area contributed by atoms with E-state index in [4.69, 9.17) is 16.3 Å². The van der Waals surface area contributed by atoms with Crippen molar-refractivity contribution in [2.75, 3.05) is 20.8 Å². The van der Waals surface area contributed by atoms with Crippen molar-refractivity contribution in [2.45, 2.75) is 0 Å². The lowest BCUT2D eigenvalue weighted by molar-refractivity contribution is -0.139. The fourth-order valence-electron chi connectivity index (χ4n) is 2.87. The Kier molecular flexibility index (Phi) is 6.51. The quantitative estimate of drug-likeness (QED) is 0.374. The summed E-state index contributed by atoms with van der Waals surface area (Å²) >= 11 is 6.02. The van der Waals surface area contributed by atoms with E-state index in [0.29, 0.717) is 16.9 Å². The van der Waals surface area contributed by atoms with Gasteiger partial charge in [0.15, 0.2) is 0 Å². The second-order valence-electron chi connectivity index (χ2n) is 6.22. The lowest BCUT2D eigenvalue weighted by Gasteiger charge is -2.10. The number of aromatic amines is 1. The largest absolute Gasteiger partial charge is 0.506 e. The number of carbonyl (C=O) groups is 2. The summed E-state index contributed by atoms with van der Waals surface area (Å²) < 4.78 is 9.69. The summed E-state index contributed by atoms with van der Waals surface area (Å²) in [5.41, 5.74) is 1.21. The molecule has 0 saturated heterocycles. The average molecular weight is 445 g/mol.